The molecule has 0 amide bonds. The van der Waals surface area contributed by atoms with Crippen LogP contribution in [-0.2, 0) is 4.79 Å². The van der Waals surface area contributed by atoms with Crippen LogP contribution in [0.3, 0.4) is 0 Å². The van der Waals surface area contributed by atoms with Crippen LogP contribution in [0.2, 0.25) is 0 Å². The predicted molar refractivity (Wildman–Crippen MR) is 74.4 cm³/mol. The standard InChI is InChI=1S/C12H15N3O6/c1-3-13(7-8(2)12(16)17)10-5-4-9(14(18)19)6-11(10)15(20)21/h4-6,8H,3,7H2,1-2H3,(H,16,17). The Labute approximate surface area is 120 Å². The second kappa shape index (κ2) is 6.64. The van der Waals surface area contributed by atoms with Crippen LogP contribution in [0.25, 0.3) is 0 Å². The molecule has 1 rings (SSSR count). The van der Waals surface area contributed by atoms with Gasteiger partial charge in [0.25, 0.3) is 11.4 Å². The van der Waals surface area contributed by atoms with E-state index in [1.165, 1.54) is 17.9 Å². The first-order valence-electron chi connectivity index (χ1n) is 6.18. The molecule has 0 aliphatic rings. The summed E-state index contributed by atoms with van der Waals surface area (Å²) in [5, 5.41) is 30.7. The average molecular weight is 297 g/mol. The lowest BCUT2D eigenvalue weighted by molar-refractivity contribution is -0.393. The Bertz CT molecular complexity index is 574. The average Bonchev–Trinajstić information content (AvgIpc) is 2.43. The summed E-state index contributed by atoms with van der Waals surface area (Å²) in [5.74, 6) is -1.74. The fourth-order valence-corrected chi connectivity index (χ4v) is 1.85. The van der Waals surface area contributed by atoms with Crippen molar-refractivity contribution in [1.82, 2.24) is 0 Å². The van der Waals surface area contributed by atoms with Crippen molar-refractivity contribution in [3.8, 4) is 0 Å². The third-order valence-electron chi connectivity index (χ3n) is 3.00. The fraction of sp³-hybridized carbons (Fsp3) is 0.417. The number of rotatable bonds is 7. The molecule has 1 N–H and O–H groups in total. The smallest absolute Gasteiger partial charge is 0.308 e. The van der Waals surface area contributed by atoms with Gasteiger partial charge in [-0.15, -0.1) is 0 Å². The summed E-state index contributed by atoms with van der Waals surface area (Å²) < 4.78 is 0. The summed E-state index contributed by atoms with van der Waals surface area (Å²) in [6, 6.07) is 3.31. The van der Waals surface area contributed by atoms with Gasteiger partial charge in [0.2, 0.25) is 0 Å². The van der Waals surface area contributed by atoms with Crippen molar-refractivity contribution in [2.75, 3.05) is 18.0 Å². The van der Waals surface area contributed by atoms with E-state index in [4.69, 9.17) is 5.11 Å². The Balaban J connectivity index is 3.22. The van der Waals surface area contributed by atoms with Gasteiger partial charge in [-0.25, -0.2) is 0 Å². The van der Waals surface area contributed by atoms with Gasteiger partial charge in [0.05, 0.1) is 21.8 Å². The van der Waals surface area contributed by atoms with Crippen molar-refractivity contribution >= 4 is 23.0 Å². The van der Waals surface area contributed by atoms with E-state index in [1.807, 2.05) is 0 Å². The van der Waals surface area contributed by atoms with Crippen LogP contribution in [0.4, 0.5) is 17.1 Å². The molecule has 1 aromatic rings. The first kappa shape index (κ1) is 16.3. The van der Waals surface area contributed by atoms with Crippen LogP contribution >= 0.6 is 0 Å². The predicted octanol–water partition coefficient (Wildman–Crippen LogP) is 2.05. The normalized spacial score (nSPS) is 11.7. The van der Waals surface area contributed by atoms with Crippen LogP contribution in [0.5, 0.6) is 0 Å². The third-order valence-corrected chi connectivity index (χ3v) is 3.00. The van der Waals surface area contributed by atoms with E-state index in [1.54, 1.807) is 6.92 Å². The lowest BCUT2D eigenvalue weighted by atomic mass is 10.1. The largest absolute Gasteiger partial charge is 0.481 e. The van der Waals surface area contributed by atoms with Gasteiger partial charge in [-0.05, 0) is 13.0 Å². The van der Waals surface area contributed by atoms with E-state index in [9.17, 15) is 25.0 Å². The molecule has 1 atom stereocenters. The minimum Gasteiger partial charge on any atom is -0.481 e. The number of anilines is 1. The van der Waals surface area contributed by atoms with Gasteiger partial charge in [-0.3, -0.25) is 25.0 Å². The second-order valence-electron chi connectivity index (χ2n) is 4.47. The van der Waals surface area contributed by atoms with E-state index in [-0.39, 0.29) is 17.9 Å². The van der Waals surface area contributed by atoms with Gasteiger partial charge in [0.15, 0.2) is 0 Å². The summed E-state index contributed by atoms with van der Waals surface area (Å²) >= 11 is 0. The summed E-state index contributed by atoms with van der Waals surface area (Å²) in [5.41, 5.74) is -0.627. The summed E-state index contributed by atoms with van der Waals surface area (Å²) in [7, 11) is 0. The van der Waals surface area contributed by atoms with E-state index >= 15 is 0 Å². The number of nitro benzene ring substituents is 2. The van der Waals surface area contributed by atoms with Crippen LogP contribution in [0.1, 0.15) is 13.8 Å². The highest BCUT2D eigenvalue weighted by molar-refractivity contribution is 5.72. The van der Waals surface area contributed by atoms with Crippen molar-refractivity contribution in [1.29, 1.82) is 0 Å². The van der Waals surface area contributed by atoms with Gasteiger partial charge < -0.3 is 10.0 Å². The van der Waals surface area contributed by atoms with Crippen molar-refractivity contribution in [2.24, 2.45) is 5.92 Å². The lowest BCUT2D eigenvalue weighted by Gasteiger charge is -2.24. The highest BCUT2D eigenvalue weighted by Crippen LogP contribution is 2.32. The molecule has 1 unspecified atom stereocenters. The molecule has 21 heavy (non-hydrogen) atoms. The molecule has 0 spiro atoms. The van der Waals surface area contributed by atoms with Crippen molar-refractivity contribution in [2.45, 2.75) is 13.8 Å². The molecular formula is C12H15N3O6. The number of benzene rings is 1. The maximum absolute atomic E-state index is 11.1. The number of hydrogen-bond acceptors (Lipinski definition) is 6. The number of carboxylic acids is 1. The number of carboxylic acid groups (broad SMARTS) is 1. The zero-order chi connectivity index (χ0) is 16.2. The molecule has 0 radical (unpaired) electrons. The fourth-order valence-electron chi connectivity index (χ4n) is 1.85. The molecule has 0 fully saturated rings. The molecule has 0 aromatic heterocycles. The zero-order valence-corrected chi connectivity index (χ0v) is 11.6. The third kappa shape index (κ3) is 3.88. The van der Waals surface area contributed by atoms with E-state index in [2.05, 4.69) is 0 Å². The molecule has 0 bridgehead atoms. The number of non-ortho nitro benzene ring substituents is 1. The molecule has 9 nitrogen and oxygen atoms in total. The maximum Gasteiger partial charge on any atom is 0.308 e. The zero-order valence-electron chi connectivity index (χ0n) is 11.6. The topological polar surface area (TPSA) is 127 Å². The van der Waals surface area contributed by atoms with Gasteiger partial charge in [-0.1, -0.05) is 6.92 Å². The van der Waals surface area contributed by atoms with Gasteiger partial charge >= 0.3 is 5.97 Å². The Hall–Kier alpha value is -2.71. The Morgan fingerprint density at radius 1 is 1.33 bits per heavy atom. The number of carbonyl (C=O) groups is 1. The first-order chi connectivity index (χ1) is 9.77. The minimum absolute atomic E-state index is 0.0739. The van der Waals surface area contributed by atoms with E-state index < -0.39 is 27.4 Å². The Morgan fingerprint density at radius 3 is 2.38 bits per heavy atom. The summed E-state index contributed by atoms with van der Waals surface area (Å²) in [6.45, 7) is 3.63. The molecule has 0 aliphatic heterocycles. The number of hydrogen-bond donors (Lipinski definition) is 1. The molecule has 114 valence electrons. The Morgan fingerprint density at radius 2 is 1.95 bits per heavy atom. The quantitative estimate of drug-likeness (QED) is 0.602. The monoisotopic (exact) mass is 297 g/mol. The SMILES string of the molecule is CCN(CC(C)C(=O)O)c1ccc([N+](=O)[O-])cc1[N+](=O)[O-]. The molecule has 9 heteroatoms. The summed E-state index contributed by atoms with van der Waals surface area (Å²) in [6.07, 6.45) is 0. The van der Waals surface area contributed by atoms with Gasteiger partial charge in [0.1, 0.15) is 5.69 Å². The Kier molecular flexibility index (Phi) is 5.17. The van der Waals surface area contributed by atoms with Crippen LogP contribution in [0, 0.1) is 26.1 Å². The van der Waals surface area contributed by atoms with Gasteiger partial charge in [0, 0.05) is 19.2 Å². The number of nitrogens with zero attached hydrogens (tertiary/aromatic N) is 3. The molecule has 0 saturated carbocycles. The molecule has 0 aliphatic carbocycles. The van der Waals surface area contributed by atoms with Gasteiger partial charge in [-0.2, -0.15) is 0 Å². The van der Waals surface area contributed by atoms with Crippen LogP contribution < -0.4 is 4.90 Å². The number of aliphatic carboxylic acids is 1. The van der Waals surface area contributed by atoms with Crippen LogP contribution in [-0.4, -0.2) is 34.0 Å². The lowest BCUT2D eigenvalue weighted by Crippen LogP contribution is -2.32. The molecule has 0 saturated heterocycles. The highest BCUT2D eigenvalue weighted by atomic mass is 16.6. The molecular weight excluding hydrogens is 282 g/mol. The minimum atomic E-state index is -1.02. The number of nitro groups is 2. The molecule has 0 heterocycles. The van der Waals surface area contributed by atoms with Crippen molar-refractivity contribution in [3.05, 3.63) is 38.4 Å². The summed E-state index contributed by atoms with van der Waals surface area (Å²) in [4.78, 5) is 32.7. The molecule has 1 aromatic carbocycles. The van der Waals surface area contributed by atoms with Crippen molar-refractivity contribution < 1.29 is 19.7 Å². The van der Waals surface area contributed by atoms with E-state index in [0.29, 0.717) is 6.54 Å². The van der Waals surface area contributed by atoms with Crippen molar-refractivity contribution in [3.63, 3.8) is 0 Å². The van der Waals surface area contributed by atoms with Crippen LogP contribution in [0.15, 0.2) is 18.2 Å². The highest BCUT2D eigenvalue weighted by Gasteiger charge is 2.25. The maximum atomic E-state index is 11.1. The van der Waals surface area contributed by atoms with E-state index in [0.717, 1.165) is 12.1 Å². The first-order valence-corrected chi connectivity index (χ1v) is 6.18. The second-order valence-corrected chi connectivity index (χ2v) is 4.47.